The number of Topliss-reactive ketones (excluding diaryl/α,β-unsaturated/α-hetero) is 1. The Balaban J connectivity index is 1.63. The number of rotatable bonds is 16. The summed E-state index contributed by atoms with van der Waals surface area (Å²) in [5, 5.41) is 11.6. The van der Waals surface area contributed by atoms with Crippen LogP contribution in [0.5, 0.6) is 0 Å². The highest BCUT2D eigenvalue weighted by Gasteiger charge is 2.51. The number of piperidine rings is 1. The van der Waals surface area contributed by atoms with Gasteiger partial charge in [-0.05, 0) is 81.5 Å². The van der Waals surface area contributed by atoms with Crippen molar-refractivity contribution in [1.29, 1.82) is 0 Å². The second-order valence-electron chi connectivity index (χ2n) is 18.9. The zero-order chi connectivity index (χ0) is 40.8. The molecule has 0 aromatic heterocycles. The smallest absolute Gasteiger partial charge is 0.315 e. The van der Waals surface area contributed by atoms with Crippen LogP contribution in [-0.2, 0) is 29.0 Å². The molecule has 4 N–H and O–H groups in total. The molecule has 1 heterocycles. The van der Waals surface area contributed by atoms with Crippen LogP contribution in [0.15, 0.2) is 0 Å². The summed E-state index contributed by atoms with van der Waals surface area (Å²) >= 11 is 0. The number of amides is 5. The van der Waals surface area contributed by atoms with Crippen LogP contribution in [0.2, 0.25) is 0 Å². The van der Waals surface area contributed by atoms with Crippen LogP contribution in [0.1, 0.15) is 151 Å². The number of carbonyl (C=O) groups excluding carboxylic acids is 5. The Hall–Kier alpha value is -3.14. The third-order valence-electron chi connectivity index (χ3n) is 13.7. The number of urea groups is 1. The summed E-state index contributed by atoms with van der Waals surface area (Å²) in [5.74, 6) is 0.109. The molecule has 4 atom stereocenters. The molecule has 3 saturated carbocycles. The highest BCUT2D eigenvalue weighted by Crippen LogP contribution is 2.43. The fourth-order valence-corrected chi connectivity index (χ4v) is 10.6. The van der Waals surface area contributed by atoms with Gasteiger partial charge in [-0.15, -0.1) is 12.3 Å². The number of terminal acetylenes is 1. The molecule has 1 aliphatic heterocycles. The van der Waals surface area contributed by atoms with E-state index < -0.39 is 67.3 Å². The summed E-state index contributed by atoms with van der Waals surface area (Å²) in [4.78, 5) is 71.5. The highest BCUT2D eigenvalue weighted by atomic mass is 32.2. The van der Waals surface area contributed by atoms with E-state index in [1.165, 1.54) is 0 Å². The van der Waals surface area contributed by atoms with Crippen LogP contribution in [0.3, 0.4) is 0 Å². The number of hydrogen-bond donors (Lipinski definition) is 4. The van der Waals surface area contributed by atoms with Gasteiger partial charge >= 0.3 is 6.03 Å². The number of sulfone groups is 1. The second-order valence-corrected chi connectivity index (χ2v) is 21.5. The Morgan fingerprint density at radius 2 is 1.53 bits per heavy atom. The van der Waals surface area contributed by atoms with E-state index in [9.17, 15) is 27.6 Å². The van der Waals surface area contributed by atoms with Crippen molar-refractivity contribution in [1.82, 2.24) is 26.2 Å². The molecule has 0 aromatic carbocycles. The molecule has 12 nitrogen and oxygen atoms in total. The SMILES string of the molecule is C#CCCNC(=O)C(=O)C(CC1CC1)NC(=O)[C@@H]1CC(C)(C)C(C)CN1C(=O)[C@@H](NC(=O)NC1(CS(=O)(=O)C(C)(C)CC)CCCCC1)C1(C)CCCCC1. The molecule has 310 valence electrons. The maximum atomic E-state index is 15.1. The Morgan fingerprint density at radius 3 is 2.09 bits per heavy atom. The molecule has 4 aliphatic rings. The lowest BCUT2D eigenvalue weighted by atomic mass is 9.68. The number of ketones is 1. The summed E-state index contributed by atoms with van der Waals surface area (Å²) in [6.07, 6.45) is 16.3. The van der Waals surface area contributed by atoms with Gasteiger partial charge in [0.1, 0.15) is 12.1 Å². The van der Waals surface area contributed by atoms with Gasteiger partial charge in [0.2, 0.25) is 17.6 Å². The predicted octanol–water partition coefficient (Wildman–Crippen LogP) is 5.19. The third-order valence-corrected chi connectivity index (χ3v) is 16.6. The lowest BCUT2D eigenvalue weighted by Crippen LogP contribution is -2.67. The van der Waals surface area contributed by atoms with Crippen molar-refractivity contribution < 1.29 is 32.4 Å². The number of carbonyl (C=O) groups is 5. The molecular formula is C42H69N5O7S. The first-order chi connectivity index (χ1) is 25.7. The predicted molar refractivity (Wildman–Crippen MR) is 214 cm³/mol. The van der Waals surface area contributed by atoms with Crippen molar-refractivity contribution in [3.8, 4) is 12.3 Å². The zero-order valence-electron chi connectivity index (χ0n) is 34.6. The van der Waals surface area contributed by atoms with E-state index in [2.05, 4.69) is 48.0 Å². The maximum Gasteiger partial charge on any atom is 0.315 e. The first-order valence-corrected chi connectivity index (χ1v) is 22.5. The van der Waals surface area contributed by atoms with Gasteiger partial charge < -0.3 is 26.2 Å². The van der Waals surface area contributed by atoms with Crippen LogP contribution >= 0.6 is 0 Å². The third kappa shape index (κ3) is 11.0. The summed E-state index contributed by atoms with van der Waals surface area (Å²) < 4.78 is 26.5. The molecule has 5 amide bonds. The Labute approximate surface area is 330 Å². The van der Waals surface area contributed by atoms with Crippen molar-refractivity contribution in [3.63, 3.8) is 0 Å². The molecule has 1 saturated heterocycles. The van der Waals surface area contributed by atoms with Crippen LogP contribution in [0, 0.1) is 35.0 Å². The normalized spacial score (nSPS) is 24.7. The molecule has 55 heavy (non-hydrogen) atoms. The van der Waals surface area contributed by atoms with E-state index in [0.29, 0.717) is 44.9 Å². The van der Waals surface area contributed by atoms with Crippen LogP contribution < -0.4 is 21.3 Å². The molecular weight excluding hydrogens is 719 g/mol. The van der Waals surface area contributed by atoms with Crippen molar-refractivity contribution in [3.05, 3.63) is 0 Å². The minimum Gasteiger partial charge on any atom is -0.348 e. The van der Waals surface area contributed by atoms with Crippen LogP contribution in [0.4, 0.5) is 4.79 Å². The largest absolute Gasteiger partial charge is 0.348 e. The molecule has 13 heteroatoms. The quantitative estimate of drug-likeness (QED) is 0.0948. The average Bonchev–Trinajstić information content (AvgIpc) is 3.95. The Morgan fingerprint density at radius 1 is 0.927 bits per heavy atom. The van der Waals surface area contributed by atoms with Gasteiger partial charge in [-0.3, -0.25) is 19.2 Å². The second kappa shape index (κ2) is 18.0. The summed E-state index contributed by atoms with van der Waals surface area (Å²) in [6.45, 7) is 13.9. The number of hydrogen-bond acceptors (Lipinski definition) is 7. The lowest BCUT2D eigenvalue weighted by molar-refractivity contribution is -0.152. The van der Waals surface area contributed by atoms with Gasteiger partial charge in [-0.1, -0.05) is 86.0 Å². The zero-order valence-corrected chi connectivity index (χ0v) is 35.4. The minimum absolute atomic E-state index is 0.0117. The fourth-order valence-electron chi connectivity index (χ4n) is 8.71. The molecule has 0 bridgehead atoms. The monoisotopic (exact) mass is 787 g/mol. The summed E-state index contributed by atoms with van der Waals surface area (Å²) in [7, 11) is -3.59. The minimum atomic E-state index is -3.59. The van der Waals surface area contributed by atoms with Gasteiger partial charge in [0.25, 0.3) is 5.91 Å². The fraction of sp³-hybridized carbons (Fsp3) is 0.833. The van der Waals surface area contributed by atoms with Crippen LogP contribution in [-0.4, -0.2) is 90.1 Å². The number of likely N-dealkylation sites (tertiary alicyclic amines) is 1. The van der Waals surface area contributed by atoms with Crippen molar-refractivity contribution in [2.45, 2.75) is 180 Å². The number of nitrogens with zero attached hydrogens (tertiary/aromatic N) is 1. The van der Waals surface area contributed by atoms with E-state index in [0.717, 1.165) is 51.4 Å². The van der Waals surface area contributed by atoms with E-state index in [4.69, 9.17) is 6.42 Å². The molecule has 0 spiro atoms. The van der Waals surface area contributed by atoms with Crippen molar-refractivity contribution >= 4 is 39.4 Å². The van der Waals surface area contributed by atoms with Crippen molar-refractivity contribution in [2.24, 2.45) is 22.7 Å². The average molecular weight is 788 g/mol. The van der Waals surface area contributed by atoms with Crippen LogP contribution in [0.25, 0.3) is 0 Å². The Kier molecular flexibility index (Phi) is 14.6. The maximum absolute atomic E-state index is 15.1. The molecule has 3 aliphatic carbocycles. The molecule has 0 aromatic rings. The van der Waals surface area contributed by atoms with Crippen molar-refractivity contribution in [2.75, 3.05) is 18.8 Å². The summed E-state index contributed by atoms with van der Waals surface area (Å²) in [6, 6.07) is -3.54. The van der Waals surface area contributed by atoms with Gasteiger partial charge in [-0.2, -0.15) is 0 Å². The van der Waals surface area contributed by atoms with Gasteiger partial charge in [0.15, 0.2) is 9.84 Å². The van der Waals surface area contributed by atoms with Gasteiger partial charge in [0, 0.05) is 19.5 Å². The first-order valence-electron chi connectivity index (χ1n) is 20.9. The van der Waals surface area contributed by atoms with E-state index >= 15 is 4.79 Å². The van der Waals surface area contributed by atoms with E-state index in [1.54, 1.807) is 18.7 Å². The standard InChI is InChI=1S/C42H69N5O7S/c1-9-11-24-43-36(50)33(48)31(25-30-18-19-30)44-35(49)32-26-39(4,5)29(3)27-47(32)37(51)34(41(8)20-14-12-15-21-41)45-38(52)46-42(22-16-13-17-23-42)28-55(53,54)40(6,7)10-2/h1,29-32,34H,10-28H2,2-8H3,(H,43,50)(H,44,49)(H2,45,46,52)/t29?,31?,32-,34+/m0/s1. The Bertz CT molecular complexity index is 1570. The van der Waals surface area contributed by atoms with E-state index in [1.807, 2.05) is 13.8 Å². The van der Waals surface area contributed by atoms with Gasteiger partial charge in [-0.25, -0.2) is 13.2 Å². The first kappa shape index (κ1) is 44.6. The lowest BCUT2D eigenvalue weighted by Gasteiger charge is -2.50. The number of nitrogens with one attached hydrogen (secondary N) is 4. The highest BCUT2D eigenvalue weighted by molar-refractivity contribution is 7.92. The van der Waals surface area contributed by atoms with E-state index in [-0.39, 0.29) is 48.4 Å². The summed E-state index contributed by atoms with van der Waals surface area (Å²) in [5.41, 5.74) is -1.90. The molecule has 0 radical (unpaired) electrons. The molecule has 4 rings (SSSR count). The topological polar surface area (TPSA) is 171 Å². The molecule has 2 unspecified atom stereocenters. The molecule has 4 fully saturated rings. The van der Waals surface area contributed by atoms with Gasteiger partial charge in [0.05, 0.1) is 22.1 Å².